The van der Waals surface area contributed by atoms with E-state index in [1.165, 1.54) is 9.80 Å². The predicted octanol–water partition coefficient (Wildman–Crippen LogP) is -2.86. The van der Waals surface area contributed by atoms with Crippen LogP contribution >= 0.6 is 0 Å². The molecule has 2 aromatic heterocycles. The number of aliphatic hydroxyl groups is 2. The number of hydrogen-bond donors (Lipinski definition) is 10. The highest BCUT2D eigenvalue weighted by atomic mass is 32.3. The Bertz CT molecular complexity index is 1860. The highest BCUT2D eigenvalue weighted by Crippen LogP contribution is 2.63. The second kappa shape index (κ2) is 14.8. The van der Waals surface area contributed by atoms with Gasteiger partial charge in [-0.25, -0.2) is 9.59 Å². The predicted molar refractivity (Wildman–Crippen MR) is 189 cm³/mol. The summed E-state index contributed by atoms with van der Waals surface area (Å²) in [5.74, 6) is -0.288. The molecule has 6 fully saturated rings. The lowest BCUT2D eigenvalue weighted by Gasteiger charge is -2.35. The van der Waals surface area contributed by atoms with Crippen LogP contribution < -0.4 is 32.7 Å². The molecule has 6 aliphatic rings. The minimum absolute atomic E-state index is 0.0624. The molecule has 2 unspecified atom stereocenters. The monoisotopic (exact) mass is 822 g/mol. The number of amides is 4. The molecule has 4 saturated heterocycles. The van der Waals surface area contributed by atoms with Crippen LogP contribution in [0, 0.1) is 21.6 Å². The zero-order valence-electron chi connectivity index (χ0n) is 30.7. The van der Waals surface area contributed by atoms with Crippen molar-refractivity contribution < 1.29 is 45.6 Å². The fourth-order valence-electron chi connectivity index (χ4n) is 8.34. The summed E-state index contributed by atoms with van der Waals surface area (Å²) in [6.45, 7) is 1.91. The van der Waals surface area contributed by atoms with Gasteiger partial charge in [0.05, 0.1) is 12.1 Å². The van der Waals surface area contributed by atoms with Gasteiger partial charge in [0.1, 0.15) is 24.3 Å². The van der Waals surface area contributed by atoms with E-state index in [2.05, 4.69) is 41.7 Å². The van der Waals surface area contributed by atoms with Gasteiger partial charge in [0, 0.05) is 52.4 Å². The van der Waals surface area contributed by atoms with Crippen molar-refractivity contribution in [1.82, 2.24) is 61.6 Å². The Morgan fingerprint density at radius 1 is 0.754 bits per heavy atom. The Labute approximate surface area is 325 Å². The number of hydrogen-bond acceptors (Lipinski definition) is 18. The average Bonchev–Trinajstić information content (AvgIpc) is 3.85. The van der Waals surface area contributed by atoms with Crippen molar-refractivity contribution in [3.63, 3.8) is 0 Å². The van der Waals surface area contributed by atoms with E-state index in [0.29, 0.717) is 64.7 Å². The second-order valence-electron chi connectivity index (χ2n) is 15.4. The molecule has 0 radical (unpaired) electrons. The first-order chi connectivity index (χ1) is 27.2. The number of piperidine rings is 2. The van der Waals surface area contributed by atoms with Gasteiger partial charge in [-0.15, -0.1) is 29.0 Å². The van der Waals surface area contributed by atoms with Gasteiger partial charge in [-0.05, 0) is 49.4 Å². The molecule has 4 bridgehead atoms. The smallest absolute Gasteiger partial charge is 0.420 e. The SMILES string of the molecule is N=C(N)NCCNCC(O)c1nnc([C@@H]2CC3(CC3)[C@@H]3CN2C(=O)N3OS(=O)(=O)ON2C(=O)N3C[C@H]2C2(CC2)C[C@H]3c2nnc(C(O)CNCCNC(=N)N)o2)o1. The summed E-state index contributed by atoms with van der Waals surface area (Å²) in [6.07, 6.45) is 1.23. The Hall–Kier alpha value is -4.93. The lowest BCUT2D eigenvalue weighted by atomic mass is 9.85. The van der Waals surface area contributed by atoms with Gasteiger partial charge in [0.15, 0.2) is 11.9 Å². The lowest BCUT2D eigenvalue weighted by Crippen LogP contribution is -2.45. The number of nitrogens with two attached hydrogens (primary N) is 2. The summed E-state index contributed by atoms with van der Waals surface area (Å²) in [5.41, 5.74) is 9.55. The highest BCUT2D eigenvalue weighted by Gasteiger charge is 2.67. The molecular weight excluding hydrogens is 776 g/mol. The molecule has 12 N–H and O–H groups in total. The summed E-state index contributed by atoms with van der Waals surface area (Å²) in [7, 11) is -5.02. The number of carbonyl (C=O) groups excluding carboxylic acids is 2. The molecule has 6 atom stereocenters. The molecule has 8 rings (SSSR count). The van der Waals surface area contributed by atoms with E-state index in [9.17, 15) is 28.2 Å². The van der Waals surface area contributed by atoms with E-state index in [1.807, 2.05) is 0 Å². The van der Waals surface area contributed by atoms with Crippen LogP contribution in [0.2, 0.25) is 0 Å². The van der Waals surface area contributed by atoms with Crippen molar-refractivity contribution in [3.8, 4) is 0 Å². The standard InChI is InChI=1S/C30H46N16O10S/c31-25(32)37-7-5-35-11-17(47)23-41-39-21(53-23)15-9-29(1-2-29)19-13-43(15)27(49)45(19)55-57(51,52)56-46-20-14-44(28(46)50)16(10-30(20)3-4-30)22-40-42-24(54-22)18(48)12-36-6-8-38-26(33)34/h15-20,35-36,47-48H,1-14H2,(H4,31,32,37)(H4,33,34,38)/t15-,16-,17?,18?,19-,20-/m0/s1. The van der Waals surface area contributed by atoms with Gasteiger partial charge in [0.25, 0.3) is 0 Å². The average molecular weight is 823 g/mol. The van der Waals surface area contributed by atoms with Gasteiger partial charge < -0.3 is 61.6 Å². The first kappa shape index (κ1) is 38.9. The van der Waals surface area contributed by atoms with Gasteiger partial charge in [-0.3, -0.25) is 10.8 Å². The van der Waals surface area contributed by atoms with Crippen LogP contribution in [0.25, 0.3) is 0 Å². The molecule has 2 spiro atoms. The summed E-state index contributed by atoms with van der Waals surface area (Å²) in [6, 6.07) is -4.19. The first-order valence-electron chi connectivity index (χ1n) is 18.6. The summed E-state index contributed by atoms with van der Waals surface area (Å²) in [5, 5.41) is 64.6. The van der Waals surface area contributed by atoms with Crippen LogP contribution in [0.5, 0.6) is 0 Å². The van der Waals surface area contributed by atoms with E-state index >= 15 is 0 Å². The largest absolute Gasteiger partial charge is 0.442 e. The van der Waals surface area contributed by atoms with Crippen LogP contribution in [0.4, 0.5) is 9.59 Å². The molecular formula is C30H46N16O10S. The molecule has 57 heavy (non-hydrogen) atoms. The topological polar surface area (TPSA) is 366 Å². The van der Waals surface area contributed by atoms with E-state index in [0.717, 1.165) is 10.1 Å². The highest BCUT2D eigenvalue weighted by molar-refractivity contribution is 7.81. The van der Waals surface area contributed by atoms with Crippen molar-refractivity contribution in [2.24, 2.45) is 22.3 Å². The fraction of sp³-hybridized carbons (Fsp3) is 0.733. The van der Waals surface area contributed by atoms with E-state index < -0.39 is 69.7 Å². The molecule has 312 valence electrons. The molecule has 6 heterocycles. The third-order valence-electron chi connectivity index (χ3n) is 11.6. The van der Waals surface area contributed by atoms with Crippen LogP contribution in [0.1, 0.15) is 86.4 Å². The molecule has 2 saturated carbocycles. The quantitative estimate of drug-likeness (QED) is 0.0410. The Balaban J connectivity index is 0.899. The molecule has 2 aromatic rings. The van der Waals surface area contributed by atoms with Crippen molar-refractivity contribution >= 4 is 34.4 Å². The van der Waals surface area contributed by atoms with Crippen molar-refractivity contribution in [2.75, 3.05) is 52.4 Å². The zero-order chi connectivity index (χ0) is 40.3. The van der Waals surface area contributed by atoms with Crippen LogP contribution in [0.3, 0.4) is 0 Å². The number of fused-ring (bicyclic) bond motifs is 6. The molecule has 0 aromatic carbocycles. The number of rotatable bonds is 18. The van der Waals surface area contributed by atoms with Gasteiger partial charge in [-0.2, -0.15) is 18.5 Å². The summed E-state index contributed by atoms with van der Waals surface area (Å²) >= 11 is 0. The normalized spacial score (nSPS) is 26.4. The maximum Gasteiger partial charge on any atom is 0.442 e. The maximum atomic E-state index is 13.8. The van der Waals surface area contributed by atoms with Crippen LogP contribution in [-0.2, 0) is 19.0 Å². The van der Waals surface area contributed by atoms with Crippen molar-refractivity contribution in [2.45, 2.75) is 74.9 Å². The first-order valence-corrected chi connectivity index (χ1v) is 20.0. The van der Waals surface area contributed by atoms with Crippen LogP contribution in [-0.4, -0.2) is 147 Å². The third-order valence-corrected chi connectivity index (χ3v) is 12.3. The lowest BCUT2D eigenvalue weighted by molar-refractivity contribution is -0.101. The summed E-state index contributed by atoms with van der Waals surface area (Å²) < 4.78 is 49.6. The third kappa shape index (κ3) is 7.62. The maximum absolute atomic E-state index is 13.8. The van der Waals surface area contributed by atoms with Crippen LogP contribution in [0.15, 0.2) is 8.83 Å². The molecule has 2 aliphatic carbocycles. The van der Waals surface area contributed by atoms with Gasteiger partial charge in [0.2, 0.25) is 23.6 Å². The number of nitrogens with zero attached hydrogens (tertiary/aromatic N) is 8. The molecule has 27 heteroatoms. The van der Waals surface area contributed by atoms with E-state index in [-0.39, 0.29) is 61.7 Å². The Morgan fingerprint density at radius 2 is 1.16 bits per heavy atom. The van der Waals surface area contributed by atoms with E-state index in [4.69, 9.17) is 39.7 Å². The number of carbonyl (C=O) groups is 2. The Morgan fingerprint density at radius 3 is 1.53 bits per heavy atom. The zero-order valence-corrected chi connectivity index (χ0v) is 31.5. The Kier molecular flexibility index (Phi) is 10.1. The van der Waals surface area contributed by atoms with Gasteiger partial charge >= 0.3 is 22.5 Å². The minimum Gasteiger partial charge on any atom is -0.420 e. The second-order valence-corrected chi connectivity index (χ2v) is 16.5. The fourth-order valence-corrected chi connectivity index (χ4v) is 9.09. The van der Waals surface area contributed by atoms with E-state index in [1.54, 1.807) is 0 Å². The molecule has 4 amide bonds. The number of urea groups is 2. The number of nitrogens with one attached hydrogen (secondary N) is 6. The molecule has 4 aliphatic heterocycles. The number of guanidine groups is 2. The van der Waals surface area contributed by atoms with Crippen molar-refractivity contribution in [3.05, 3.63) is 23.6 Å². The number of aromatic nitrogens is 4. The van der Waals surface area contributed by atoms with Crippen molar-refractivity contribution in [1.29, 1.82) is 10.8 Å². The summed E-state index contributed by atoms with van der Waals surface area (Å²) in [4.78, 5) is 30.4. The van der Waals surface area contributed by atoms with Gasteiger partial charge in [-0.1, -0.05) is 0 Å². The minimum atomic E-state index is -5.02. The molecule has 26 nitrogen and oxygen atoms in total. The number of aliphatic hydroxyl groups excluding tert-OH is 2. The number of hydroxylamine groups is 4.